The van der Waals surface area contributed by atoms with Crippen LogP contribution < -0.4 is 14.8 Å². The number of carbonyl (C=O) groups excluding carboxylic acids is 1. The third-order valence-electron chi connectivity index (χ3n) is 6.08. The fraction of sp³-hybridized carbons (Fsp3) is 0.423. The van der Waals surface area contributed by atoms with Crippen LogP contribution in [0, 0.1) is 6.92 Å². The van der Waals surface area contributed by atoms with Crippen LogP contribution in [0.1, 0.15) is 22.3 Å². The lowest BCUT2D eigenvalue weighted by Crippen LogP contribution is -2.60. The molecule has 5 atom stereocenters. The molecule has 0 aliphatic carbocycles. The van der Waals surface area contributed by atoms with Crippen molar-refractivity contribution in [2.24, 2.45) is 0 Å². The van der Waals surface area contributed by atoms with Crippen molar-refractivity contribution in [3.63, 3.8) is 0 Å². The number of aryl methyl sites for hydroxylation is 1. The number of rotatable bonds is 11. The van der Waals surface area contributed by atoms with Crippen molar-refractivity contribution in [3.05, 3.63) is 64.7 Å². The second-order valence-corrected chi connectivity index (χ2v) is 11.1. The van der Waals surface area contributed by atoms with Crippen LogP contribution in [-0.4, -0.2) is 96.5 Å². The number of phenolic OH excluding ortho intramolecular Hbond substituents is 1. The summed E-state index contributed by atoms with van der Waals surface area (Å²) in [4.78, 5) is 11.9. The Bertz CT molecular complexity index is 1260. The van der Waals surface area contributed by atoms with Gasteiger partial charge in [-0.25, -0.2) is 13.1 Å². The number of hydrogen-bond donors (Lipinski definition) is 7. The van der Waals surface area contributed by atoms with Gasteiger partial charge in [0, 0.05) is 37.2 Å². The average molecular weight is 567 g/mol. The molecule has 1 heterocycles. The van der Waals surface area contributed by atoms with Crippen LogP contribution >= 0.6 is 0 Å². The average Bonchev–Trinajstić information content (AvgIpc) is 2.87. The summed E-state index contributed by atoms with van der Waals surface area (Å²) < 4.78 is 35.6. The molecule has 1 saturated heterocycles. The van der Waals surface area contributed by atoms with E-state index in [1.54, 1.807) is 31.2 Å². The van der Waals surface area contributed by atoms with Crippen molar-refractivity contribution in [1.82, 2.24) is 10.0 Å². The molecule has 214 valence electrons. The number of sulfonamides is 1. The maximum atomic E-state index is 11.9. The minimum Gasteiger partial charge on any atom is -0.508 e. The van der Waals surface area contributed by atoms with E-state index in [0.717, 1.165) is 17.4 Å². The Labute approximate surface area is 226 Å². The Morgan fingerprint density at radius 2 is 1.77 bits per heavy atom. The number of aromatic hydroxyl groups is 1. The van der Waals surface area contributed by atoms with Crippen molar-refractivity contribution in [1.29, 1.82) is 0 Å². The van der Waals surface area contributed by atoms with Crippen LogP contribution in [0.3, 0.4) is 0 Å². The highest BCUT2D eigenvalue weighted by Gasteiger charge is 2.45. The van der Waals surface area contributed by atoms with Gasteiger partial charge in [0.1, 0.15) is 35.9 Å². The molecular formula is C26H34N2O10S. The first-order valence-electron chi connectivity index (χ1n) is 12.2. The van der Waals surface area contributed by atoms with E-state index in [2.05, 4.69) is 10.0 Å². The molecule has 7 N–H and O–H groups in total. The van der Waals surface area contributed by atoms with Crippen molar-refractivity contribution in [2.45, 2.75) is 44.1 Å². The van der Waals surface area contributed by atoms with Gasteiger partial charge in [0.25, 0.3) is 0 Å². The Hall–Kier alpha value is -3.04. The monoisotopic (exact) mass is 566 g/mol. The molecule has 39 heavy (non-hydrogen) atoms. The van der Waals surface area contributed by atoms with Crippen LogP contribution in [0.2, 0.25) is 0 Å². The highest BCUT2D eigenvalue weighted by atomic mass is 32.2. The summed E-state index contributed by atoms with van der Waals surface area (Å²) >= 11 is 0. The highest BCUT2D eigenvalue weighted by Crippen LogP contribution is 2.33. The molecule has 1 aliphatic heterocycles. The van der Waals surface area contributed by atoms with Crippen LogP contribution in [-0.2, 0) is 26.0 Å². The SMILES string of the molecule is Cc1cc(O)cc(O[C@@H]2O[C@H](CO)[C@@H](O)[C@H](O)[C@H]2O)c1Cc1ccc(/C=C/C(=O)NCCNS(C)(=O)=O)cc1. The Morgan fingerprint density at radius 1 is 1.08 bits per heavy atom. The van der Waals surface area contributed by atoms with Gasteiger partial charge >= 0.3 is 0 Å². The smallest absolute Gasteiger partial charge is 0.244 e. The van der Waals surface area contributed by atoms with Crippen molar-refractivity contribution in [3.8, 4) is 11.5 Å². The van der Waals surface area contributed by atoms with Gasteiger partial charge in [-0.05, 0) is 35.8 Å². The number of carbonyl (C=O) groups is 1. The molecule has 0 bridgehead atoms. The van der Waals surface area contributed by atoms with E-state index < -0.39 is 47.3 Å². The van der Waals surface area contributed by atoms with Gasteiger partial charge in [-0.15, -0.1) is 0 Å². The predicted octanol–water partition coefficient (Wildman–Crippen LogP) is -0.851. The van der Waals surface area contributed by atoms with Crippen LogP contribution in [0.25, 0.3) is 6.08 Å². The van der Waals surface area contributed by atoms with Gasteiger partial charge in [0.05, 0.1) is 12.9 Å². The summed E-state index contributed by atoms with van der Waals surface area (Å²) in [5.74, 6) is -0.256. The third kappa shape index (κ3) is 8.73. The van der Waals surface area contributed by atoms with Crippen LogP contribution in [0.5, 0.6) is 11.5 Å². The number of aliphatic hydroxyl groups excluding tert-OH is 4. The lowest BCUT2D eigenvalue weighted by molar-refractivity contribution is -0.277. The van der Waals surface area contributed by atoms with Crippen molar-refractivity contribution in [2.75, 3.05) is 26.0 Å². The number of hydrogen-bond acceptors (Lipinski definition) is 10. The van der Waals surface area contributed by atoms with Crippen molar-refractivity contribution >= 4 is 22.0 Å². The zero-order valence-corrected chi connectivity index (χ0v) is 22.3. The predicted molar refractivity (Wildman–Crippen MR) is 141 cm³/mol. The zero-order valence-electron chi connectivity index (χ0n) is 21.5. The van der Waals surface area contributed by atoms with Crippen LogP contribution in [0.15, 0.2) is 42.5 Å². The number of benzene rings is 2. The Kier molecular flexibility index (Phi) is 10.4. The molecule has 0 unspecified atom stereocenters. The summed E-state index contributed by atoms with van der Waals surface area (Å²) in [6.07, 6.45) is -2.90. The number of amides is 1. The first-order valence-corrected chi connectivity index (χ1v) is 14.1. The summed E-state index contributed by atoms with van der Waals surface area (Å²) in [7, 11) is -3.31. The zero-order chi connectivity index (χ0) is 28.7. The summed E-state index contributed by atoms with van der Waals surface area (Å²) in [6.45, 7) is 1.41. The second kappa shape index (κ2) is 13.3. The highest BCUT2D eigenvalue weighted by molar-refractivity contribution is 7.88. The quantitative estimate of drug-likeness (QED) is 0.133. The molecule has 0 radical (unpaired) electrons. The van der Waals surface area contributed by atoms with E-state index in [0.29, 0.717) is 17.5 Å². The molecule has 3 rings (SSSR count). The second-order valence-electron chi connectivity index (χ2n) is 9.26. The molecule has 0 spiro atoms. The number of phenols is 1. The molecule has 0 aromatic heterocycles. The van der Waals surface area contributed by atoms with Crippen LogP contribution in [0.4, 0.5) is 0 Å². The van der Waals surface area contributed by atoms with Crippen molar-refractivity contribution < 1.29 is 48.2 Å². The molecule has 1 fully saturated rings. The summed E-state index contributed by atoms with van der Waals surface area (Å²) in [6, 6.07) is 10.2. The van der Waals surface area contributed by atoms with E-state index >= 15 is 0 Å². The van der Waals surface area contributed by atoms with E-state index in [9.17, 15) is 38.7 Å². The number of aliphatic hydroxyl groups is 4. The Balaban J connectivity index is 1.67. The van der Waals surface area contributed by atoms with Gasteiger partial charge in [-0.1, -0.05) is 24.3 Å². The van der Waals surface area contributed by atoms with E-state index in [4.69, 9.17) is 9.47 Å². The molecular weight excluding hydrogens is 532 g/mol. The van der Waals surface area contributed by atoms with Gasteiger partial charge in [-0.2, -0.15) is 0 Å². The minimum atomic E-state index is -3.31. The maximum Gasteiger partial charge on any atom is 0.244 e. The van der Waals surface area contributed by atoms with E-state index in [-0.39, 0.29) is 30.5 Å². The number of ether oxygens (including phenoxy) is 2. The summed E-state index contributed by atoms with van der Waals surface area (Å²) in [5.41, 5.74) is 3.00. The number of nitrogens with one attached hydrogen (secondary N) is 2. The largest absolute Gasteiger partial charge is 0.508 e. The van der Waals surface area contributed by atoms with Gasteiger partial charge in [0.15, 0.2) is 0 Å². The van der Waals surface area contributed by atoms with Gasteiger partial charge in [-0.3, -0.25) is 4.79 Å². The molecule has 13 heteroatoms. The standard InChI is InChI=1S/C26H34N2O10S/c1-15-11-18(30)13-20(37-26-25(34)24(33)23(32)21(14-29)38-26)19(15)12-17-5-3-16(4-6-17)7-8-22(31)27-9-10-28-39(2,35)36/h3-8,11,13,21,23-26,28-30,32-34H,9-10,12,14H2,1-2H3,(H,27,31)/b8-7+/t21-,23-,24+,25-,26-/m1/s1. The van der Waals surface area contributed by atoms with E-state index in [1.807, 2.05) is 12.1 Å². The molecule has 12 nitrogen and oxygen atoms in total. The maximum absolute atomic E-state index is 11.9. The van der Waals surface area contributed by atoms with Gasteiger partial charge in [0.2, 0.25) is 22.2 Å². The molecule has 1 aliphatic rings. The molecule has 2 aromatic carbocycles. The lowest BCUT2D eigenvalue weighted by Gasteiger charge is -2.39. The van der Waals surface area contributed by atoms with E-state index in [1.165, 1.54) is 12.1 Å². The molecule has 2 aromatic rings. The normalized spacial score (nSPS) is 23.6. The fourth-order valence-electron chi connectivity index (χ4n) is 3.99. The minimum absolute atomic E-state index is 0.0818. The topological polar surface area (TPSA) is 195 Å². The lowest BCUT2D eigenvalue weighted by atomic mass is 9.97. The summed E-state index contributed by atoms with van der Waals surface area (Å²) in [5, 5.41) is 52.6. The van der Waals surface area contributed by atoms with Gasteiger partial charge < -0.3 is 40.3 Å². The third-order valence-corrected chi connectivity index (χ3v) is 6.81. The fourth-order valence-corrected chi connectivity index (χ4v) is 4.46. The molecule has 1 amide bonds. The first kappa shape index (κ1) is 30.5. The Morgan fingerprint density at radius 3 is 2.41 bits per heavy atom. The molecule has 0 saturated carbocycles. The first-order chi connectivity index (χ1) is 18.4.